The molecule has 72 valence electrons. The Morgan fingerprint density at radius 3 is 2.83 bits per heavy atom. The van der Waals surface area contributed by atoms with Gasteiger partial charge in [0.15, 0.2) is 0 Å². The number of nitrogens with zero attached hydrogens (tertiary/aromatic N) is 1. The highest BCUT2D eigenvalue weighted by Gasteiger charge is 2.21. The van der Waals surface area contributed by atoms with Crippen LogP contribution in [0.2, 0.25) is 0 Å². The van der Waals surface area contributed by atoms with E-state index in [9.17, 15) is 0 Å². The first kappa shape index (κ1) is 10.0. The van der Waals surface area contributed by atoms with E-state index in [0.717, 1.165) is 12.6 Å². The topological polar surface area (TPSA) is 29.3 Å². The molecule has 1 fully saturated rings. The van der Waals surface area contributed by atoms with Crippen molar-refractivity contribution < 1.29 is 0 Å². The molecule has 0 saturated carbocycles. The van der Waals surface area contributed by atoms with Crippen molar-refractivity contribution in [1.29, 1.82) is 0 Å². The van der Waals surface area contributed by atoms with E-state index in [0.29, 0.717) is 6.04 Å². The SMILES string of the molecule is CCCC(N)CN1CCCC1C. The van der Waals surface area contributed by atoms with Gasteiger partial charge in [-0.25, -0.2) is 0 Å². The van der Waals surface area contributed by atoms with Crippen molar-refractivity contribution in [2.75, 3.05) is 13.1 Å². The van der Waals surface area contributed by atoms with Crippen molar-refractivity contribution in [3.63, 3.8) is 0 Å². The van der Waals surface area contributed by atoms with Gasteiger partial charge in [-0.05, 0) is 32.7 Å². The van der Waals surface area contributed by atoms with E-state index in [2.05, 4.69) is 18.7 Å². The van der Waals surface area contributed by atoms with E-state index < -0.39 is 0 Å². The van der Waals surface area contributed by atoms with Crippen molar-refractivity contribution >= 4 is 0 Å². The van der Waals surface area contributed by atoms with Gasteiger partial charge in [0.2, 0.25) is 0 Å². The van der Waals surface area contributed by atoms with Crippen LogP contribution in [0.3, 0.4) is 0 Å². The minimum Gasteiger partial charge on any atom is -0.327 e. The molecule has 2 atom stereocenters. The Hall–Kier alpha value is -0.0800. The number of nitrogens with two attached hydrogens (primary N) is 1. The van der Waals surface area contributed by atoms with E-state index in [1.807, 2.05) is 0 Å². The molecule has 1 heterocycles. The molecule has 0 bridgehead atoms. The maximum Gasteiger partial charge on any atom is 0.0167 e. The molecule has 1 aliphatic rings. The second kappa shape index (κ2) is 4.83. The molecule has 12 heavy (non-hydrogen) atoms. The summed E-state index contributed by atoms with van der Waals surface area (Å²) in [6, 6.07) is 1.17. The summed E-state index contributed by atoms with van der Waals surface area (Å²) in [5.41, 5.74) is 5.98. The summed E-state index contributed by atoms with van der Waals surface area (Å²) in [5, 5.41) is 0. The van der Waals surface area contributed by atoms with Crippen LogP contribution < -0.4 is 5.73 Å². The van der Waals surface area contributed by atoms with Crippen molar-refractivity contribution in [1.82, 2.24) is 4.90 Å². The minimum atomic E-state index is 0.399. The Balaban J connectivity index is 2.20. The van der Waals surface area contributed by atoms with E-state index in [1.165, 1.54) is 32.2 Å². The molecule has 0 aliphatic carbocycles. The average molecular weight is 170 g/mol. The molecule has 2 heteroatoms. The molecule has 0 radical (unpaired) electrons. The lowest BCUT2D eigenvalue weighted by molar-refractivity contribution is 0.247. The molecule has 2 nitrogen and oxygen atoms in total. The van der Waals surface area contributed by atoms with Crippen LogP contribution in [0.1, 0.15) is 39.5 Å². The number of hydrogen-bond donors (Lipinski definition) is 1. The molecule has 1 saturated heterocycles. The molecular weight excluding hydrogens is 148 g/mol. The third kappa shape index (κ3) is 2.76. The molecule has 0 amide bonds. The maximum atomic E-state index is 5.98. The molecule has 0 spiro atoms. The van der Waals surface area contributed by atoms with Crippen LogP contribution in [0.15, 0.2) is 0 Å². The first-order chi connectivity index (χ1) is 5.74. The van der Waals surface area contributed by atoms with Gasteiger partial charge >= 0.3 is 0 Å². The quantitative estimate of drug-likeness (QED) is 0.694. The molecule has 2 unspecified atom stereocenters. The lowest BCUT2D eigenvalue weighted by atomic mass is 10.1. The summed E-state index contributed by atoms with van der Waals surface area (Å²) in [6.07, 6.45) is 5.10. The Labute approximate surface area is 76.1 Å². The molecule has 0 aromatic carbocycles. The van der Waals surface area contributed by atoms with Gasteiger partial charge in [-0.15, -0.1) is 0 Å². The highest BCUT2D eigenvalue weighted by molar-refractivity contribution is 4.78. The summed E-state index contributed by atoms with van der Waals surface area (Å²) in [4.78, 5) is 2.53. The lowest BCUT2D eigenvalue weighted by Crippen LogP contribution is -2.39. The summed E-state index contributed by atoms with van der Waals surface area (Å²) in [6.45, 7) is 6.88. The fraction of sp³-hybridized carbons (Fsp3) is 1.00. The van der Waals surface area contributed by atoms with Crippen LogP contribution in [-0.4, -0.2) is 30.1 Å². The third-order valence-electron chi connectivity index (χ3n) is 2.82. The fourth-order valence-electron chi connectivity index (χ4n) is 2.03. The van der Waals surface area contributed by atoms with E-state index in [1.54, 1.807) is 0 Å². The van der Waals surface area contributed by atoms with E-state index >= 15 is 0 Å². The smallest absolute Gasteiger partial charge is 0.0167 e. The van der Waals surface area contributed by atoms with Crippen LogP contribution in [0.25, 0.3) is 0 Å². The molecule has 1 rings (SSSR count). The van der Waals surface area contributed by atoms with Crippen LogP contribution >= 0.6 is 0 Å². The summed E-state index contributed by atoms with van der Waals surface area (Å²) >= 11 is 0. The third-order valence-corrected chi connectivity index (χ3v) is 2.82. The van der Waals surface area contributed by atoms with Gasteiger partial charge in [-0.3, -0.25) is 4.90 Å². The number of likely N-dealkylation sites (tertiary alicyclic amines) is 1. The molecule has 2 N–H and O–H groups in total. The Kier molecular flexibility index (Phi) is 4.02. The second-order valence-corrected chi connectivity index (χ2v) is 4.03. The molecule has 1 aliphatic heterocycles. The van der Waals surface area contributed by atoms with Gasteiger partial charge in [-0.1, -0.05) is 13.3 Å². The normalized spacial score (nSPS) is 27.8. The van der Waals surface area contributed by atoms with E-state index in [4.69, 9.17) is 5.73 Å². The first-order valence-corrected chi connectivity index (χ1v) is 5.23. The molecular formula is C10H22N2. The predicted molar refractivity (Wildman–Crippen MR) is 53.2 cm³/mol. The van der Waals surface area contributed by atoms with Gasteiger partial charge in [0.05, 0.1) is 0 Å². The standard InChI is InChI=1S/C10H22N2/c1-3-5-10(11)8-12-7-4-6-9(12)2/h9-10H,3-8,11H2,1-2H3. The molecule has 0 aromatic heterocycles. The number of rotatable bonds is 4. The minimum absolute atomic E-state index is 0.399. The Morgan fingerprint density at radius 2 is 2.33 bits per heavy atom. The van der Waals surface area contributed by atoms with Gasteiger partial charge in [0.25, 0.3) is 0 Å². The van der Waals surface area contributed by atoms with Crippen LogP contribution in [0.5, 0.6) is 0 Å². The van der Waals surface area contributed by atoms with Gasteiger partial charge in [-0.2, -0.15) is 0 Å². The second-order valence-electron chi connectivity index (χ2n) is 4.03. The summed E-state index contributed by atoms with van der Waals surface area (Å²) in [7, 11) is 0. The van der Waals surface area contributed by atoms with Crippen molar-refractivity contribution in [3.05, 3.63) is 0 Å². The van der Waals surface area contributed by atoms with Crippen molar-refractivity contribution in [2.24, 2.45) is 5.73 Å². The van der Waals surface area contributed by atoms with Gasteiger partial charge in [0.1, 0.15) is 0 Å². The van der Waals surface area contributed by atoms with Crippen LogP contribution in [-0.2, 0) is 0 Å². The zero-order chi connectivity index (χ0) is 8.97. The predicted octanol–water partition coefficient (Wildman–Crippen LogP) is 1.60. The lowest BCUT2D eigenvalue weighted by Gasteiger charge is -2.24. The summed E-state index contributed by atoms with van der Waals surface area (Å²) in [5.74, 6) is 0. The average Bonchev–Trinajstić information content (AvgIpc) is 2.37. The van der Waals surface area contributed by atoms with Gasteiger partial charge < -0.3 is 5.73 Å². The Morgan fingerprint density at radius 1 is 1.58 bits per heavy atom. The summed E-state index contributed by atoms with van der Waals surface area (Å²) < 4.78 is 0. The Bertz CT molecular complexity index is 125. The van der Waals surface area contributed by atoms with Crippen LogP contribution in [0, 0.1) is 0 Å². The largest absolute Gasteiger partial charge is 0.327 e. The highest BCUT2D eigenvalue weighted by Crippen LogP contribution is 2.16. The zero-order valence-electron chi connectivity index (χ0n) is 8.42. The number of hydrogen-bond acceptors (Lipinski definition) is 2. The first-order valence-electron chi connectivity index (χ1n) is 5.23. The van der Waals surface area contributed by atoms with Crippen molar-refractivity contribution in [2.45, 2.75) is 51.6 Å². The van der Waals surface area contributed by atoms with Gasteiger partial charge in [0, 0.05) is 18.6 Å². The maximum absolute atomic E-state index is 5.98. The van der Waals surface area contributed by atoms with E-state index in [-0.39, 0.29) is 0 Å². The van der Waals surface area contributed by atoms with Crippen LogP contribution in [0.4, 0.5) is 0 Å². The zero-order valence-corrected chi connectivity index (χ0v) is 8.42. The molecule has 0 aromatic rings. The monoisotopic (exact) mass is 170 g/mol. The fourth-order valence-corrected chi connectivity index (χ4v) is 2.03. The highest BCUT2D eigenvalue weighted by atomic mass is 15.2. The van der Waals surface area contributed by atoms with Crippen molar-refractivity contribution in [3.8, 4) is 0 Å².